The van der Waals surface area contributed by atoms with E-state index in [-0.39, 0.29) is 37.7 Å². The highest BCUT2D eigenvalue weighted by Gasteiger charge is 2.35. The lowest BCUT2D eigenvalue weighted by atomic mass is 9.81. The Balaban J connectivity index is 4.10. The largest absolute Gasteiger partial charge is 0.465 e. The highest BCUT2D eigenvalue weighted by atomic mass is 16.6. The van der Waals surface area contributed by atoms with Gasteiger partial charge in [0, 0.05) is 6.54 Å². The average Bonchev–Trinajstić information content (AvgIpc) is 2.61. The lowest BCUT2D eigenvalue weighted by molar-refractivity contribution is -0.158. The number of nitrogens with one attached hydrogen (secondary N) is 1. The number of carbonyl (C=O) groups is 3. The SMILES string of the molecule is CCCOC(=O)C(C)(C)CC(CC)C(=O)OCCOCCNC(=O)OC(C)(C)C. The fourth-order valence-electron chi connectivity index (χ4n) is 2.44. The molecule has 29 heavy (non-hydrogen) atoms. The van der Waals surface area contributed by atoms with Gasteiger partial charge in [-0.3, -0.25) is 9.59 Å². The molecular weight excluding hydrogens is 378 g/mol. The zero-order valence-corrected chi connectivity index (χ0v) is 19.1. The van der Waals surface area contributed by atoms with Crippen LogP contribution in [0.3, 0.4) is 0 Å². The number of hydrogen-bond donors (Lipinski definition) is 1. The summed E-state index contributed by atoms with van der Waals surface area (Å²) < 4.78 is 20.9. The van der Waals surface area contributed by atoms with Crippen LogP contribution in [0.4, 0.5) is 4.79 Å². The molecule has 1 atom stereocenters. The van der Waals surface area contributed by atoms with Crippen molar-refractivity contribution < 1.29 is 33.3 Å². The summed E-state index contributed by atoms with van der Waals surface area (Å²) in [6.07, 6.45) is 1.20. The first-order chi connectivity index (χ1) is 13.4. The number of amides is 1. The molecule has 0 saturated heterocycles. The molecule has 0 aliphatic rings. The zero-order chi connectivity index (χ0) is 22.5. The van der Waals surface area contributed by atoms with Gasteiger partial charge in [-0.25, -0.2) is 4.79 Å². The summed E-state index contributed by atoms with van der Waals surface area (Å²) in [7, 11) is 0. The average molecular weight is 418 g/mol. The number of hydrogen-bond acceptors (Lipinski definition) is 7. The summed E-state index contributed by atoms with van der Waals surface area (Å²) in [5.41, 5.74) is -1.30. The number of carbonyl (C=O) groups excluding carboxylic acids is 3. The first-order valence-electron chi connectivity index (χ1n) is 10.3. The first kappa shape index (κ1) is 27.2. The van der Waals surface area contributed by atoms with E-state index in [2.05, 4.69) is 5.32 Å². The van der Waals surface area contributed by atoms with Gasteiger partial charge < -0.3 is 24.3 Å². The van der Waals surface area contributed by atoms with Gasteiger partial charge in [0.25, 0.3) is 0 Å². The summed E-state index contributed by atoms with van der Waals surface area (Å²) in [5.74, 6) is -1.03. The number of esters is 2. The topological polar surface area (TPSA) is 100 Å². The molecule has 0 aromatic carbocycles. The highest BCUT2D eigenvalue weighted by molar-refractivity contribution is 5.78. The third-order valence-electron chi connectivity index (χ3n) is 3.96. The van der Waals surface area contributed by atoms with Crippen LogP contribution in [0.2, 0.25) is 0 Å². The molecule has 0 aliphatic heterocycles. The summed E-state index contributed by atoms with van der Waals surface area (Å²) in [6, 6.07) is 0. The highest BCUT2D eigenvalue weighted by Crippen LogP contribution is 2.29. The Bertz CT molecular complexity index is 512. The van der Waals surface area contributed by atoms with Gasteiger partial charge in [-0.1, -0.05) is 13.8 Å². The molecule has 0 spiro atoms. The Hall–Kier alpha value is -1.83. The van der Waals surface area contributed by atoms with Crippen LogP contribution in [-0.2, 0) is 28.5 Å². The minimum Gasteiger partial charge on any atom is -0.465 e. The summed E-state index contributed by atoms with van der Waals surface area (Å²) in [6.45, 7) is 14.0. The van der Waals surface area contributed by atoms with Crippen LogP contribution in [0.15, 0.2) is 0 Å². The van der Waals surface area contributed by atoms with Crippen molar-refractivity contribution in [1.82, 2.24) is 5.32 Å². The minimum atomic E-state index is -0.751. The molecule has 0 heterocycles. The van der Waals surface area contributed by atoms with E-state index in [0.29, 0.717) is 26.0 Å². The Labute approximate surface area is 175 Å². The van der Waals surface area contributed by atoms with Crippen molar-refractivity contribution in [3.05, 3.63) is 0 Å². The van der Waals surface area contributed by atoms with Crippen LogP contribution in [0.1, 0.15) is 67.7 Å². The van der Waals surface area contributed by atoms with Crippen molar-refractivity contribution in [2.24, 2.45) is 11.3 Å². The molecule has 170 valence electrons. The summed E-state index contributed by atoms with van der Waals surface area (Å²) >= 11 is 0. The fourth-order valence-corrected chi connectivity index (χ4v) is 2.44. The molecule has 1 amide bonds. The Morgan fingerprint density at radius 1 is 0.897 bits per heavy atom. The van der Waals surface area contributed by atoms with Crippen molar-refractivity contribution in [2.75, 3.05) is 33.0 Å². The van der Waals surface area contributed by atoms with E-state index in [1.54, 1.807) is 34.6 Å². The van der Waals surface area contributed by atoms with E-state index in [0.717, 1.165) is 6.42 Å². The second-order valence-electron chi connectivity index (χ2n) is 8.54. The number of rotatable bonds is 13. The third-order valence-corrected chi connectivity index (χ3v) is 3.96. The Morgan fingerprint density at radius 2 is 1.55 bits per heavy atom. The van der Waals surface area contributed by atoms with Gasteiger partial charge in [-0.05, 0) is 53.9 Å². The summed E-state index contributed by atoms with van der Waals surface area (Å²) in [5, 5.41) is 2.58. The molecule has 1 unspecified atom stereocenters. The zero-order valence-electron chi connectivity index (χ0n) is 19.1. The predicted molar refractivity (Wildman–Crippen MR) is 109 cm³/mol. The van der Waals surface area contributed by atoms with Crippen LogP contribution in [0.25, 0.3) is 0 Å². The van der Waals surface area contributed by atoms with Gasteiger partial charge in [-0.15, -0.1) is 0 Å². The van der Waals surface area contributed by atoms with Gasteiger partial charge >= 0.3 is 18.0 Å². The molecule has 0 radical (unpaired) electrons. The lowest BCUT2D eigenvalue weighted by Gasteiger charge is -2.26. The van der Waals surface area contributed by atoms with Crippen molar-refractivity contribution in [2.45, 2.75) is 73.3 Å². The molecule has 0 aromatic rings. The van der Waals surface area contributed by atoms with Crippen LogP contribution in [-0.4, -0.2) is 56.6 Å². The lowest BCUT2D eigenvalue weighted by Crippen LogP contribution is -2.34. The molecule has 8 nitrogen and oxygen atoms in total. The van der Waals surface area contributed by atoms with Crippen LogP contribution < -0.4 is 5.32 Å². The fraction of sp³-hybridized carbons (Fsp3) is 0.857. The van der Waals surface area contributed by atoms with Gasteiger partial charge in [0.05, 0.1) is 31.2 Å². The molecule has 1 N–H and O–H groups in total. The van der Waals surface area contributed by atoms with Gasteiger partial charge in [-0.2, -0.15) is 0 Å². The second kappa shape index (κ2) is 13.4. The van der Waals surface area contributed by atoms with E-state index in [1.807, 2.05) is 13.8 Å². The maximum atomic E-state index is 12.3. The molecule has 0 aliphatic carbocycles. The molecule has 0 saturated carbocycles. The quantitative estimate of drug-likeness (QED) is 0.278. The van der Waals surface area contributed by atoms with Crippen LogP contribution >= 0.6 is 0 Å². The maximum Gasteiger partial charge on any atom is 0.407 e. The normalized spacial score (nSPS) is 12.8. The minimum absolute atomic E-state index is 0.114. The molecule has 0 aromatic heterocycles. The molecule has 0 rings (SSSR count). The van der Waals surface area contributed by atoms with E-state index in [9.17, 15) is 14.4 Å². The summed E-state index contributed by atoms with van der Waals surface area (Å²) in [4.78, 5) is 35.9. The van der Waals surface area contributed by atoms with Crippen molar-refractivity contribution >= 4 is 18.0 Å². The van der Waals surface area contributed by atoms with E-state index in [4.69, 9.17) is 18.9 Å². The van der Waals surface area contributed by atoms with Crippen LogP contribution in [0.5, 0.6) is 0 Å². The smallest absolute Gasteiger partial charge is 0.407 e. The van der Waals surface area contributed by atoms with Crippen molar-refractivity contribution in [3.63, 3.8) is 0 Å². The van der Waals surface area contributed by atoms with Gasteiger partial charge in [0.2, 0.25) is 0 Å². The predicted octanol–water partition coefficient (Wildman–Crippen LogP) is 3.47. The van der Waals surface area contributed by atoms with E-state index in [1.165, 1.54) is 0 Å². The number of ether oxygens (including phenoxy) is 4. The van der Waals surface area contributed by atoms with E-state index >= 15 is 0 Å². The van der Waals surface area contributed by atoms with Crippen LogP contribution in [0, 0.1) is 11.3 Å². The third kappa shape index (κ3) is 13.1. The number of alkyl carbamates (subject to hydrolysis) is 1. The Morgan fingerprint density at radius 3 is 2.10 bits per heavy atom. The molecule has 0 bridgehead atoms. The maximum absolute atomic E-state index is 12.3. The van der Waals surface area contributed by atoms with Gasteiger partial charge in [0.1, 0.15) is 12.2 Å². The second-order valence-corrected chi connectivity index (χ2v) is 8.54. The Kier molecular flexibility index (Phi) is 12.6. The van der Waals surface area contributed by atoms with E-state index < -0.39 is 17.1 Å². The molecule has 8 heteroatoms. The van der Waals surface area contributed by atoms with Crippen molar-refractivity contribution in [3.8, 4) is 0 Å². The van der Waals surface area contributed by atoms with Gasteiger partial charge in [0.15, 0.2) is 0 Å². The molecule has 0 fully saturated rings. The molecular formula is C21H39NO7. The monoisotopic (exact) mass is 417 g/mol. The first-order valence-corrected chi connectivity index (χ1v) is 10.3. The van der Waals surface area contributed by atoms with Crippen molar-refractivity contribution in [1.29, 1.82) is 0 Å². The standard InChI is InChI=1S/C21H39NO7/c1-8-11-28-18(24)21(6,7)15-16(9-2)17(23)27-14-13-26-12-10-22-19(25)29-20(3,4)5/h16H,8-15H2,1-7H3,(H,22,25).